The second kappa shape index (κ2) is 9.94. The van der Waals surface area contributed by atoms with Crippen LogP contribution in [-0.4, -0.2) is 5.91 Å². The number of amides is 1. The molecule has 1 heterocycles. The molecule has 1 aromatic heterocycles. The topological polar surface area (TPSA) is 33.0 Å². The van der Waals surface area contributed by atoms with E-state index in [1.807, 2.05) is 36.4 Å². The molecule has 0 bridgehead atoms. The minimum Gasteiger partial charge on any atom is -1.00 e. The summed E-state index contributed by atoms with van der Waals surface area (Å²) >= 11 is 1.68. The number of fused-ring (bicyclic) bond motifs is 1. The van der Waals surface area contributed by atoms with Gasteiger partial charge in [0, 0.05) is 16.8 Å². The summed E-state index contributed by atoms with van der Waals surface area (Å²) in [7, 11) is 0. The van der Waals surface area contributed by atoms with Crippen LogP contribution in [0.5, 0.6) is 0 Å². The van der Waals surface area contributed by atoms with Crippen molar-refractivity contribution in [3.63, 3.8) is 0 Å². The van der Waals surface area contributed by atoms with Crippen molar-refractivity contribution < 1.29 is 21.8 Å². The number of aromatic nitrogens is 1. The molecule has 0 saturated heterocycles. The largest absolute Gasteiger partial charge is 1.00 e. The van der Waals surface area contributed by atoms with Gasteiger partial charge in [-0.15, -0.1) is 0 Å². The van der Waals surface area contributed by atoms with Gasteiger partial charge >= 0.3 is 0 Å². The highest BCUT2D eigenvalue weighted by Gasteiger charge is 2.17. The molecule has 160 valence electrons. The van der Waals surface area contributed by atoms with Gasteiger partial charge in [0.2, 0.25) is 5.51 Å². The van der Waals surface area contributed by atoms with E-state index < -0.39 is 0 Å². The molecule has 1 N–H and O–H groups in total. The van der Waals surface area contributed by atoms with Gasteiger partial charge in [-0.2, -0.15) is 4.57 Å². The van der Waals surface area contributed by atoms with Crippen LogP contribution in [0.4, 0.5) is 5.69 Å². The van der Waals surface area contributed by atoms with Crippen molar-refractivity contribution in [3.05, 3.63) is 112 Å². The number of rotatable bonds is 5. The molecule has 0 fully saturated rings. The molecule has 1 aliphatic rings. The van der Waals surface area contributed by atoms with Crippen molar-refractivity contribution in [1.82, 2.24) is 0 Å². The molecule has 3 aromatic carbocycles. The highest BCUT2D eigenvalue weighted by Crippen LogP contribution is 2.29. The minimum atomic E-state index is -0.0178. The number of anilines is 1. The third kappa shape index (κ3) is 4.98. The van der Waals surface area contributed by atoms with Crippen LogP contribution < -0.4 is 22.3 Å². The molecular formula is C27H23ClN2OS. The van der Waals surface area contributed by atoms with Crippen molar-refractivity contribution in [1.29, 1.82) is 0 Å². The highest BCUT2D eigenvalue weighted by molar-refractivity contribution is 7.07. The van der Waals surface area contributed by atoms with Crippen molar-refractivity contribution in [3.8, 4) is 11.1 Å². The molecular weight excluding hydrogens is 436 g/mol. The number of hydrogen-bond donors (Lipinski definition) is 1. The van der Waals surface area contributed by atoms with E-state index >= 15 is 0 Å². The van der Waals surface area contributed by atoms with E-state index in [1.54, 1.807) is 11.3 Å². The summed E-state index contributed by atoms with van der Waals surface area (Å²) in [5, 5.41) is 5.13. The molecule has 4 aromatic rings. The fourth-order valence-corrected chi connectivity index (χ4v) is 4.54. The molecule has 0 aliphatic heterocycles. The van der Waals surface area contributed by atoms with Crippen LogP contribution >= 0.6 is 11.3 Å². The SMILES string of the molecule is O=C(Nc1ccc(C[n+]2ccsc2)cc1)C1=Cc2cc(-c3ccccc3)ccc2CC1.[Cl-]. The van der Waals surface area contributed by atoms with Gasteiger partial charge < -0.3 is 17.7 Å². The zero-order chi connectivity index (χ0) is 21.0. The number of benzene rings is 3. The summed E-state index contributed by atoms with van der Waals surface area (Å²) in [6.45, 7) is 0.837. The Hall–Kier alpha value is -3.21. The fraction of sp³-hybridized carbons (Fsp3) is 0.111. The standard InChI is InChI=1S/C27H22N2OS.ClH/c30-27(28-26-12-6-20(7-13-26)18-29-14-15-31-19-29)24-11-9-22-8-10-23(16-25(22)17-24)21-4-2-1-3-5-21;/h1-8,10,12-17,19H,9,11,18H2;1H. The quantitative estimate of drug-likeness (QED) is 0.458. The average Bonchev–Trinajstić information content (AvgIpc) is 3.33. The van der Waals surface area contributed by atoms with Crippen molar-refractivity contribution in [2.24, 2.45) is 0 Å². The number of halogens is 1. The van der Waals surface area contributed by atoms with Gasteiger partial charge in [0.25, 0.3) is 5.91 Å². The first-order valence-corrected chi connectivity index (χ1v) is 11.4. The summed E-state index contributed by atoms with van der Waals surface area (Å²) in [6.07, 6.45) is 5.76. The number of carbonyl (C=O) groups excluding carboxylic acids is 1. The minimum absolute atomic E-state index is 0. The number of aryl methyl sites for hydroxylation is 1. The van der Waals surface area contributed by atoms with Gasteiger partial charge in [0.15, 0.2) is 12.7 Å². The molecule has 5 rings (SSSR count). The Balaban J connectivity index is 0.00000245. The maximum atomic E-state index is 12.9. The first kappa shape index (κ1) is 22.0. The molecule has 32 heavy (non-hydrogen) atoms. The lowest BCUT2D eigenvalue weighted by Gasteiger charge is -2.17. The van der Waals surface area contributed by atoms with E-state index in [0.717, 1.165) is 36.2 Å². The monoisotopic (exact) mass is 458 g/mol. The molecule has 1 amide bonds. The van der Waals surface area contributed by atoms with Gasteiger partial charge in [-0.3, -0.25) is 4.79 Å². The first-order chi connectivity index (χ1) is 15.2. The molecule has 0 radical (unpaired) electrons. The Morgan fingerprint density at radius 1 is 0.938 bits per heavy atom. The lowest BCUT2D eigenvalue weighted by atomic mass is 9.89. The van der Waals surface area contributed by atoms with E-state index in [0.29, 0.717) is 0 Å². The van der Waals surface area contributed by atoms with Crippen LogP contribution in [0.15, 0.2) is 95.5 Å². The predicted octanol–water partition coefficient (Wildman–Crippen LogP) is 2.72. The smallest absolute Gasteiger partial charge is 0.251 e. The van der Waals surface area contributed by atoms with Crippen LogP contribution in [0.2, 0.25) is 0 Å². The van der Waals surface area contributed by atoms with E-state index in [9.17, 15) is 4.79 Å². The molecule has 3 nitrogen and oxygen atoms in total. The third-order valence-electron chi connectivity index (χ3n) is 5.64. The van der Waals surface area contributed by atoms with Crippen molar-refractivity contribution in [2.75, 3.05) is 5.32 Å². The summed E-state index contributed by atoms with van der Waals surface area (Å²) in [6, 6.07) is 25.0. The van der Waals surface area contributed by atoms with E-state index in [-0.39, 0.29) is 18.3 Å². The van der Waals surface area contributed by atoms with Gasteiger partial charge in [-0.25, -0.2) is 0 Å². The number of nitrogens with zero attached hydrogens (tertiary/aromatic N) is 1. The van der Waals surface area contributed by atoms with Crippen molar-refractivity contribution >= 4 is 29.0 Å². The average molecular weight is 459 g/mol. The first-order valence-electron chi connectivity index (χ1n) is 10.4. The maximum absolute atomic E-state index is 12.9. The Morgan fingerprint density at radius 3 is 2.50 bits per heavy atom. The van der Waals surface area contributed by atoms with Crippen LogP contribution in [0.25, 0.3) is 17.2 Å². The molecule has 0 atom stereocenters. The molecule has 1 aliphatic carbocycles. The second-order valence-corrected chi connectivity index (χ2v) is 8.55. The fourth-order valence-electron chi connectivity index (χ4n) is 3.94. The van der Waals surface area contributed by atoms with E-state index in [1.165, 1.54) is 22.3 Å². The van der Waals surface area contributed by atoms with Crippen LogP contribution in [0, 0.1) is 0 Å². The summed E-state index contributed by atoms with van der Waals surface area (Å²) in [4.78, 5) is 12.9. The van der Waals surface area contributed by atoms with E-state index in [2.05, 4.69) is 69.4 Å². The van der Waals surface area contributed by atoms with Crippen LogP contribution in [0.1, 0.15) is 23.1 Å². The number of carbonyl (C=O) groups is 1. The molecule has 0 saturated carbocycles. The molecule has 0 unspecified atom stereocenters. The number of thiazole rings is 1. The number of nitrogens with one attached hydrogen (secondary N) is 1. The van der Waals surface area contributed by atoms with Gasteiger partial charge in [-0.1, -0.05) is 65.9 Å². The summed E-state index contributed by atoms with van der Waals surface area (Å²) in [5.74, 6) is -0.0178. The Morgan fingerprint density at radius 2 is 1.75 bits per heavy atom. The van der Waals surface area contributed by atoms with Crippen LogP contribution in [-0.2, 0) is 17.8 Å². The Bertz CT molecular complexity index is 1230. The summed E-state index contributed by atoms with van der Waals surface area (Å²) < 4.78 is 2.15. The Kier molecular flexibility index (Phi) is 6.84. The van der Waals surface area contributed by atoms with Crippen molar-refractivity contribution in [2.45, 2.75) is 19.4 Å². The zero-order valence-corrected chi connectivity index (χ0v) is 19.1. The second-order valence-electron chi connectivity index (χ2n) is 7.80. The zero-order valence-electron chi connectivity index (χ0n) is 17.5. The lowest BCUT2D eigenvalue weighted by Crippen LogP contribution is -3.00. The van der Waals surface area contributed by atoms with Crippen LogP contribution in [0.3, 0.4) is 0 Å². The highest BCUT2D eigenvalue weighted by atomic mass is 35.5. The van der Waals surface area contributed by atoms with E-state index in [4.69, 9.17) is 0 Å². The molecule has 0 spiro atoms. The number of hydrogen-bond acceptors (Lipinski definition) is 2. The van der Waals surface area contributed by atoms with Gasteiger partial charge in [-0.05, 0) is 59.4 Å². The third-order valence-corrected chi connectivity index (χ3v) is 6.31. The lowest BCUT2D eigenvalue weighted by molar-refractivity contribution is -0.683. The normalized spacial score (nSPS) is 12.3. The maximum Gasteiger partial charge on any atom is 0.251 e. The van der Waals surface area contributed by atoms with Gasteiger partial charge in [0.1, 0.15) is 0 Å². The van der Waals surface area contributed by atoms with Gasteiger partial charge in [0.05, 0.1) is 5.38 Å². The summed E-state index contributed by atoms with van der Waals surface area (Å²) in [5.41, 5.74) is 9.76. The Labute approximate surface area is 198 Å². The predicted molar refractivity (Wildman–Crippen MR) is 127 cm³/mol. The molecule has 5 heteroatoms.